The van der Waals surface area contributed by atoms with E-state index in [9.17, 15) is 21.6 Å². The van der Waals surface area contributed by atoms with Gasteiger partial charge in [-0.25, -0.2) is 8.42 Å². The minimum absolute atomic E-state index is 0.210. The van der Waals surface area contributed by atoms with Crippen molar-refractivity contribution in [3.05, 3.63) is 24.3 Å². The second-order valence-electron chi connectivity index (χ2n) is 4.69. The van der Waals surface area contributed by atoms with Gasteiger partial charge in [0.05, 0.1) is 4.90 Å². The van der Waals surface area contributed by atoms with Gasteiger partial charge in [0.1, 0.15) is 5.75 Å². The number of hydrogen-bond acceptors (Lipinski definition) is 4. The number of piperazine rings is 1. The molecule has 2 rings (SSSR count). The molecule has 1 aromatic rings. The Bertz CT molecular complexity index is 604. The smallest absolute Gasteiger partial charge is 0.406 e. The molecule has 1 heterocycles. The van der Waals surface area contributed by atoms with E-state index in [1.54, 1.807) is 6.92 Å². The van der Waals surface area contributed by atoms with E-state index in [-0.39, 0.29) is 17.5 Å². The predicted octanol–water partition coefficient (Wildman–Crippen LogP) is 1.57. The largest absolute Gasteiger partial charge is 0.573 e. The topological polar surface area (TPSA) is 58.6 Å². The van der Waals surface area contributed by atoms with Gasteiger partial charge < -0.3 is 10.1 Å². The first-order valence-electron chi connectivity index (χ1n) is 6.28. The lowest BCUT2D eigenvalue weighted by molar-refractivity contribution is -0.274. The van der Waals surface area contributed by atoms with Gasteiger partial charge in [-0.3, -0.25) is 0 Å². The summed E-state index contributed by atoms with van der Waals surface area (Å²) in [5.74, 6) is -0.550. The predicted molar refractivity (Wildman–Crippen MR) is 69.3 cm³/mol. The fourth-order valence-corrected chi connectivity index (χ4v) is 3.81. The van der Waals surface area contributed by atoms with Gasteiger partial charge in [-0.2, -0.15) is 4.31 Å². The van der Waals surface area contributed by atoms with Crippen LogP contribution in [0.25, 0.3) is 0 Å². The third-order valence-electron chi connectivity index (χ3n) is 3.09. The van der Waals surface area contributed by atoms with Crippen LogP contribution in [0, 0.1) is 0 Å². The summed E-state index contributed by atoms with van der Waals surface area (Å²) in [5.41, 5.74) is 0. The van der Waals surface area contributed by atoms with E-state index in [0.29, 0.717) is 13.1 Å². The van der Waals surface area contributed by atoms with E-state index >= 15 is 0 Å². The maximum atomic E-state index is 12.5. The van der Waals surface area contributed by atoms with Crippen LogP contribution in [0.15, 0.2) is 29.2 Å². The van der Waals surface area contributed by atoms with E-state index in [4.69, 9.17) is 0 Å². The molecule has 0 aliphatic carbocycles. The summed E-state index contributed by atoms with van der Waals surface area (Å²) in [6.45, 7) is 3.01. The number of ether oxygens (including phenoxy) is 1. The van der Waals surface area contributed by atoms with Gasteiger partial charge >= 0.3 is 6.36 Å². The number of halogens is 3. The molecule has 0 bridgehead atoms. The summed E-state index contributed by atoms with van der Waals surface area (Å²) in [6.07, 6.45) is -4.86. The second kappa shape index (κ2) is 5.82. The van der Waals surface area contributed by atoms with Gasteiger partial charge in [-0.15, -0.1) is 13.2 Å². The average Bonchev–Trinajstić information content (AvgIpc) is 2.37. The van der Waals surface area contributed by atoms with E-state index in [0.717, 1.165) is 12.1 Å². The Balaban J connectivity index is 2.30. The second-order valence-corrected chi connectivity index (χ2v) is 6.58. The third kappa shape index (κ3) is 3.86. The number of benzene rings is 1. The fraction of sp³-hybridized carbons (Fsp3) is 0.500. The van der Waals surface area contributed by atoms with Crippen LogP contribution >= 0.6 is 0 Å². The molecule has 1 saturated heterocycles. The molecule has 1 N–H and O–H groups in total. The molecule has 0 amide bonds. The van der Waals surface area contributed by atoms with Crippen molar-refractivity contribution in [2.24, 2.45) is 0 Å². The molecule has 1 aliphatic heterocycles. The fourth-order valence-electron chi connectivity index (χ4n) is 2.15. The Labute approximate surface area is 120 Å². The SMILES string of the molecule is CC1CNCCN1S(=O)(=O)c1cccc(OC(F)(F)F)c1. The number of alkyl halides is 3. The molecule has 0 radical (unpaired) electrons. The molecule has 0 spiro atoms. The molecule has 1 fully saturated rings. The summed E-state index contributed by atoms with van der Waals surface area (Å²) in [4.78, 5) is -0.210. The Morgan fingerprint density at radius 1 is 1.38 bits per heavy atom. The lowest BCUT2D eigenvalue weighted by Crippen LogP contribution is -2.52. The molecule has 0 aromatic heterocycles. The zero-order valence-corrected chi connectivity index (χ0v) is 12.0. The lowest BCUT2D eigenvalue weighted by atomic mass is 10.3. The van der Waals surface area contributed by atoms with E-state index in [1.807, 2.05) is 0 Å². The summed E-state index contributed by atoms with van der Waals surface area (Å²) in [6, 6.07) is 4.16. The highest BCUT2D eigenvalue weighted by atomic mass is 32.2. The number of rotatable bonds is 3. The Morgan fingerprint density at radius 2 is 2.10 bits per heavy atom. The van der Waals surface area contributed by atoms with Crippen LogP contribution in [0.4, 0.5) is 13.2 Å². The Hall–Kier alpha value is -1.32. The first-order valence-corrected chi connectivity index (χ1v) is 7.72. The van der Waals surface area contributed by atoms with Crippen LogP contribution in [0.2, 0.25) is 0 Å². The minimum Gasteiger partial charge on any atom is -0.406 e. The number of sulfonamides is 1. The molecule has 1 unspecified atom stereocenters. The Morgan fingerprint density at radius 3 is 2.71 bits per heavy atom. The molecule has 1 atom stereocenters. The quantitative estimate of drug-likeness (QED) is 0.917. The van der Waals surface area contributed by atoms with Crippen molar-refractivity contribution in [2.75, 3.05) is 19.6 Å². The molecular formula is C12H15F3N2O3S. The van der Waals surface area contributed by atoms with Crippen molar-refractivity contribution in [3.63, 3.8) is 0 Å². The van der Waals surface area contributed by atoms with Crippen LogP contribution in [0.3, 0.4) is 0 Å². The van der Waals surface area contributed by atoms with Crippen LogP contribution in [-0.2, 0) is 10.0 Å². The maximum absolute atomic E-state index is 12.5. The molecule has 0 saturated carbocycles. The molecule has 5 nitrogen and oxygen atoms in total. The maximum Gasteiger partial charge on any atom is 0.573 e. The van der Waals surface area contributed by atoms with Crippen molar-refractivity contribution < 1.29 is 26.3 Å². The van der Waals surface area contributed by atoms with Crippen LogP contribution < -0.4 is 10.1 Å². The van der Waals surface area contributed by atoms with Gasteiger partial charge in [0, 0.05) is 31.7 Å². The van der Waals surface area contributed by atoms with Gasteiger partial charge in [0.15, 0.2) is 0 Å². The molecule has 1 aliphatic rings. The first-order chi connectivity index (χ1) is 9.70. The lowest BCUT2D eigenvalue weighted by Gasteiger charge is -2.32. The molecule has 21 heavy (non-hydrogen) atoms. The highest BCUT2D eigenvalue weighted by molar-refractivity contribution is 7.89. The average molecular weight is 324 g/mol. The van der Waals surface area contributed by atoms with E-state index in [1.165, 1.54) is 16.4 Å². The van der Waals surface area contributed by atoms with Crippen LogP contribution in [-0.4, -0.2) is 44.8 Å². The summed E-state index contributed by atoms with van der Waals surface area (Å²) >= 11 is 0. The normalized spacial score (nSPS) is 21.2. The van der Waals surface area contributed by atoms with E-state index in [2.05, 4.69) is 10.1 Å². The minimum atomic E-state index is -4.86. The van der Waals surface area contributed by atoms with Crippen molar-refractivity contribution >= 4 is 10.0 Å². The monoisotopic (exact) mass is 324 g/mol. The van der Waals surface area contributed by atoms with Crippen molar-refractivity contribution in [2.45, 2.75) is 24.2 Å². The van der Waals surface area contributed by atoms with Crippen molar-refractivity contribution in [1.29, 1.82) is 0 Å². The molecule has 1 aromatic carbocycles. The van der Waals surface area contributed by atoms with E-state index < -0.39 is 22.1 Å². The van der Waals surface area contributed by atoms with Gasteiger partial charge in [-0.05, 0) is 19.1 Å². The van der Waals surface area contributed by atoms with Crippen molar-refractivity contribution in [1.82, 2.24) is 9.62 Å². The zero-order chi connectivity index (χ0) is 15.7. The third-order valence-corrected chi connectivity index (χ3v) is 5.10. The van der Waals surface area contributed by atoms with Gasteiger partial charge in [-0.1, -0.05) is 6.07 Å². The van der Waals surface area contributed by atoms with Crippen LogP contribution in [0.5, 0.6) is 5.75 Å². The zero-order valence-electron chi connectivity index (χ0n) is 11.2. The molecular weight excluding hydrogens is 309 g/mol. The first kappa shape index (κ1) is 16.1. The molecule has 118 valence electrons. The highest BCUT2D eigenvalue weighted by Gasteiger charge is 2.33. The standard InChI is InChI=1S/C12H15F3N2O3S/c1-9-8-16-5-6-17(9)21(18,19)11-4-2-3-10(7-11)20-12(13,14)15/h2-4,7,9,16H,5-6,8H2,1H3. The Kier molecular flexibility index (Phi) is 4.45. The summed E-state index contributed by atoms with van der Waals surface area (Å²) < 4.78 is 66.6. The number of hydrogen-bond donors (Lipinski definition) is 1. The van der Waals surface area contributed by atoms with Gasteiger partial charge in [0.25, 0.3) is 0 Å². The van der Waals surface area contributed by atoms with Crippen LogP contribution in [0.1, 0.15) is 6.92 Å². The van der Waals surface area contributed by atoms with Gasteiger partial charge in [0.2, 0.25) is 10.0 Å². The molecule has 9 heteroatoms. The highest BCUT2D eigenvalue weighted by Crippen LogP contribution is 2.27. The number of nitrogens with zero attached hydrogens (tertiary/aromatic N) is 1. The number of nitrogens with one attached hydrogen (secondary N) is 1. The van der Waals surface area contributed by atoms with Crippen molar-refractivity contribution in [3.8, 4) is 5.75 Å². The summed E-state index contributed by atoms with van der Waals surface area (Å²) in [5, 5.41) is 3.05. The summed E-state index contributed by atoms with van der Waals surface area (Å²) in [7, 11) is -3.84.